The van der Waals surface area contributed by atoms with Gasteiger partial charge in [0.2, 0.25) is 0 Å². The molecule has 1 aromatic carbocycles. The standard InChI is InChI=1S/C20H27N3O/c1-22(2)10-4-12-24-20-7-6-19-16-23(11-8-18(19)13-20)15-17-5-3-9-21-14-17/h3,5-7,9,13-14H,4,8,10-12,15-16H2,1-2H3. The zero-order chi connectivity index (χ0) is 16.8. The van der Waals surface area contributed by atoms with Gasteiger partial charge in [0.05, 0.1) is 6.61 Å². The van der Waals surface area contributed by atoms with E-state index in [1.807, 2.05) is 18.5 Å². The third-order valence-corrected chi connectivity index (χ3v) is 4.42. The summed E-state index contributed by atoms with van der Waals surface area (Å²) in [6.45, 7) is 4.91. The zero-order valence-corrected chi connectivity index (χ0v) is 14.7. The molecule has 4 nitrogen and oxygen atoms in total. The van der Waals surface area contributed by atoms with Crippen molar-refractivity contribution in [1.29, 1.82) is 0 Å². The Balaban J connectivity index is 1.54. The molecule has 3 rings (SSSR count). The van der Waals surface area contributed by atoms with Crippen LogP contribution in [-0.2, 0) is 19.5 Å². The summed E-state index contributed by atoms with van der Waals surface area (Å²) in [4.78, 5) is 8.88. The molecule has 128 valence electrons. The van der Waals surface area contributed by atoms with Gasteiger partial charge in [-0.1, -0.05) is 12.1 Å². The molecule has 4 heteroatoms. The lowest BCUT2D eigenvalue weighted by Gasteiger charge is -2.29. The molecule has 0 atom stereocenters. The summed E-state index contributed by atoms with van der Waals surface area (Å²) in [6, 6.07) is 10.7. The second-order valence-electron chi connectivity index (χ2n) is 6.76. The van der Waals surface area contributed by atoms with Crippen molar-refractivity contribution >= 4 is 0 Å². The fourth-order valence-corrected chi connectivity index (χ4v) is 3.13. The number of nitrogens with zero attached hydrogens (tertiary/aromatic N) is 3. The van der Waals surface area contributed by atoms with E-state index >= 15 is 0 Å². The molecule has 24 heavy (non-hydrogen) atoms. The maximum Gasteiger partial charge on any atom is 0.119 e. The van der Waals surface area contributed by atoms with Crippen LogP contribution in [0.25, 0.3) is 0 Å². The predicted octanol–water partition coefficient (Wildman–Crippen LogP) is 2.97. The Bertz CT molecular complexity index is 643. The number of hydrogen-bond acceptors (Lipinski definition) is 4. The Morgan fingerprint density at radius 1 is 1.21 bits per heavy atom. The number of rotatable bonds is 7. The van der Waals surface area contributed by atoms with Crippen molar-refractivity contribution in [3.63, 3.8) is 0 Å². The lowest BCUT2D eigenvalue weighted by molar-refractivity contribution is 0.244. The second-order valence-corrected chi connectivity index (χ2v) is 6.76. The predicted molar refractivity (Wildman–Crippen MR) is 97.2 cm³/mol. The van der Waals surface area contributed by atoms with Gasteiger partial charge in [-0.3, -0.25) is 9.88 Å². The van der Waals surface area contributed by atoms with Crippen LogP contribution in [-0.4, -0.2) is 48.6 Å². The molecule has 0 fully saturated rings. The van der Waals surface area contributed by atoms with Gasteiger partial charge in [-0.15, -0.1) is 0 Å². The van der Waals surface area contributed by atoms with Crippen LogP contribution in [0, 0.1) is 0 Å². The second kappa shape index (κ2) is 8.27. The number of benzene rings is 1. The minimum absolute atomic E-state index is 0.782. The molecule has 1 aliphatic rings. The number of ether oxygens (including phenoxy) is 1. The number of aromatic nitrogens is 1. The molecule has 0 aliphatic carbocycles. The van der Waals surface area contributed by atoms with Crippen molar-refractivity contribution in [2.45, 2.75) is 25.9 Å². The van der Waals surface area contributed by atoms with Crippen LogP contribution in [0.3, 0.4) is 0 Å². The fourth-order valence-electron chi connectivity index (χ4n) is 3.13. The highest BCUT2D eigenvalue weighted by Gasteiger charge is 2.17. The van der Waals surface area contributed by atoms with Crippen molar-refractivity contribution in [1.82, 2.24) is 14.8 Å². The van der Waals surface area contributed by atoms with Gasteiger partial charge in [0.1, 0.15) is 5.75 Å². The van der Waals surface area contributed by atoms with Crippen LogP contribution >= 0.6 is 0 Å². The van der Waals surface area contributed by atoms with Gasteiger partial charge in [0.25, 0.3) is 0 Å². The van der Waals surface area contributed by atoms with Gasteiger partial charge in [-0.25, -0.2) is 0 Å². The Labute approximate surface area is 145 Å². The highest BCUT2D eigenvalue weighted by Crippen LogP contribution is 2.24. The lowest BCUT2D eigenvalue weighted by atomic mass is 9.99. The minimum Gasteiger partial charge on any atom is -0.494 e. The van der Waals surface area contributed by atoms with Crippen LogP contribution < -0.4 is 4.74 Å². The molecule has 1 aromatic heterocycles. The number of hydrogen-bond donors (Lipinski definition) is 0. The first-order chi connectivity index (χ1) is 11.7. The normalized spacial score (nSPS) is 14.6. The molecule has 0 spiro atoms. The highest BCUT2D eigenvalue weighted by atomic mass is 16.5. The molecular formula is C20H27N3O. The monoisotopic (exact) mass is 325 g/mol. The molecule has 0 N–H and O–H groups in total. The summed E-state index contributed by atoms with van der Waals surface area (Å²) < 4.78 is 5.90. The van der Waals surface area contributed by atoms with Gasteiger partial charge in [-0.2, -0.15) is 0 Å². The number of fused-ring (bicyclic) bond motifs is 1. The van der Waals surface area contributed by atoms with Crippen molar-refractivity contribution in [2.24, 2.45) is 0 Å². The fraction of sp³-hybridized carbons (Fsp3) is 0.450. The van der Waals surface area contributed by atoms with E-state index in [1.54, 1.807) is 0 Å². The van der Waals surface area contributed by atoms with Gasteiger partial charge < -0.3 is 9.64 Å². The van der Waals surface area contributed by atoms with Crippen molar-refractivity contribution in [3.05, 3.63) is 59.4 Å². The Morgan fingerprint density at radius 3 is 2.92 bits per heavy atom. The summed E-state index contributed by atoms with van der Waals surface area (Å²) in [5, 5.41) is 0. The summed E-state index contributed by atoms with van der Waals surface area (Å²) >= 11 is 0. The van der Waals surface area contributed by atoms with E-state index < -0.39 is 0 Å². The molecule has 0 amide bonds. The van der Waals surface area contributed by atoms with Crippen LogP contribution in [0.15, 0.2) is 42.7 Å². The van der Waals surface area contributed by atoms with E-state index in [9.17, 15) is 0 Å². The zero-order valence-electron chi connectivity index (χ0n) is 14.7. The van der Waals surface area contributed by atoms with E-state index in [-0.39, 0.29) is 0 Å². The Hall–Kier alpha value is -1.91. The van der Waals surface area contributed by atoms with Gasteiger partial charge in [-0.05, 0) is 61.8 Å². The van der Waals surface area contributed by atoms with E-state index in [4.69, 9.17) is 4.74 Å². The molecule has 0 saturated heterocycles. The number of pyridine rings is 1. The maximum absolute atomic E-state index is 5.90. The maximum atomic E-state index is 5.90. The van der Waals surface area contributed by atoms with Crippen LogP contribution in [0.2, 0.25) is 0 Å². The van der Waals surface area contributed by atoms with Gasteiger partial charge >= 0.3 is 0 Å². The minimum atomic E-state index is 0.782. The molecule has 2 aromatic rings. The van der Waals surface area contributed by atoms with E-state index in [0.717, 1.165) is 51.4 Å². The van der Waals surface area contributed by atoms with E-state index in [1.165, 1.54) is 16.7 Å². The summed E-state index contributed by atoms with van der Waals surface area (Å²) in [6.07, 6.45) is 5.93. The summed E-state index contributed by atoms with van der Waals surface area (Å²) in [5.41, 5.74) is 4.13. The smallest absolute Gasteiger partial charge is 0.119 e. The van der Waals surface area contributed by atoms with E-state index in [0.29, 0.717) is 0 Å². The molecule has 0 radical (unpaired) electrons. The molecule has 0 unspecified atom stereocenters. The first-order valence-electron chi connectivity index (χ1n) is 8.71. The average Bonchev–Trinajstić information content (AvgIpc) is 2.59. The first-order valence-corrected chi connectivity index (χ1v) is 8.71. The van der Waals surface area contributed by atoms with Crippen molar-refractivity contribution in [3.8, 4) is 5.75 Å². The van der Waals surface area contributed by atoms with Crippen LogP contribution in [0.5, 0.6) is 5.75 Å². The van der Waals surface area contributed by atoms with Gasteiger partial charge in [0, 0.05) is 38.6 Å². The molecule has 1 aliphatic heterocycles. The van der Waals surface area contributed by atoms with E-state index in [2.05, 4.69) is 53.1 Å². The largest absolute Gasteiger partial charge is 0.494 e. The Morgan fingerprint density at radius 2 is 2.12 bits per heavy atom. The van der Waals surface area contributed by atoms with Gasteiger partial charge in [0.15, 0.2) is 0 Å². The summed E-state index contributed by atoms with van der Waals surface area (Å²) in [7, 11) is 4.19. The SMILES string of the molecule is CN(C)CCCOc1ccc2c(c1)CCN(Cc1cccnc1)C2. The van der Waals surface area contributed by atoms with Crippen molar-refractivity contribution in [2.75, 3.05) is 33.8 Å². The molecule has 0 saturated carbocycles. The lowest BCUT2D eigenvalue weighted by Crippen LogP contribution is -2.30. The quantitative estimate of drug-likeness (QED) is 0.732. The summed E-state index contributed by atoms with van der Waals surface area (Å²) in [5.74, 6) is 1.01. The van der Waals surface area contributed by atoms with Crippen LogP contribution in [0.1, 0.15) is 23.1 Å². The Kier molecular flexibility index (Phi) is 5.83. The van der Waals surface area contributed by atoms with Crippen molar-refractivity contribution < 1.29 is 4.74 Å². The average molecular weight is 325 g/mol. The molecule has 0 bridgehead atoms. The van der Waals surface area contributed by atoms with Crippen LogP contribution in [0.4, 0.5) is 0 Å². The molecular weight excluding hydrogens is 298 g/mol. The highest BCUT2D eigenvalue weighted by molar-refractivity contribution is 5.37. The third-order valence-electron chi connectivity index (χ3n) is 4.42. The first kappa shape index (κ1) is 16.9. The molecule has 2 heterocycles. The third kappa shape index (κ3) is 4.79. The topological polar surface area (TPSA) is 28.6 Å².